The van der Waals surface area contributed by atoms with E-state index in [1.165, 1.54) is 39.0 Å². The van der Waals surface area contributed by atoms with E-state index >= 15 is 0 Å². The van der Waals surface area contributed by atoms with Crippen molar-refractivity contribution in [3.05, 3.63) is 175 Å². The molecule has 0 aliphatic rings. The quantitative estimate of drug-likeness (QED) is 0.00328. The average molecular weight is 2330 g/mol. The van der Waals surface area contributed by atoms with Crippen molar-refractivity contribution >= 4 is 68.0 Å². The third kappa shape index (κ3) is 88.2. The van der Waals surface area contributed by atoms with Crippen LogP contribution in [-0.4, -0.2) is 224 Å². The molecule has 0 aliphatic heterocycles. The van der Waals surface area contributed by atoms with Crippen LogP contribution in [0.25, 0.3) is 0 Å². The third-order valence-electron chi connectivity index (χ3n) is 19.8. The van der Waals surface area contributed by atoms with E-state index in [1.54, 1.807) is 103 Å². The predicted molar refractivity (Wildman–Crippen MR) is 555 cm³/mol. The van der Waals surface area contributed by atoms with Gasteiger partial charge < -0.3 is 110 Å². The first-order valence-corrected chi connectivity index (χ1v) is 50.0. The van der Waals surface area contributed by atoms with Gasteiger partial charge in [-0.05, 0) is 232 Å². The smallest absolute Gasteiger partial charge is 1.00 e. The van der Waals surface area contributed by atoms with Crippen LogP contribution in [-0.2, 0) is 49.5 Å². The number of hydrogen-bond donors (Lipinski definition) is 16. The number of amides is 3. The molecule has 0 aliphatic carbocycles. The van der Waals surface area contributed by atoms with Crippen molar-refractivity contribution in [2.24, 2.45) is 11.5 Å². The Morgan fingerprint density at radius 3 is 0.933 bits per heavy atom. The summed E-state index contributed by atoms with van der Waals surface area (Å²) in [7, 11) is 1.00. The van der Waals surface area contributed by atoms with Crippen molar-refractivity contribution in [3.8, 4) is 36.0 Å². The van der Waals surface area contributed by atoms with E-state index in [1.807, 2.05) is 84.0 Å². The Hall–Kier alpha value is -5.61. The summed E-state index contributed by atoms with van der Waals surface area (Å²) in [4.78, 5) is 65.2. The molecule has 5 aromatic carbocycles. The van der Waals surface area contributed by atoms with Gasteiger partial charge in [-0.25, -0.2) is 4.79 Å². The van der Waals surface area contributed by atoms with Crippen LogP contribution in [0.4, 0.5) is 52.7 Å². The van der Waals surface area contributed by atoms with Crippen molar-refractivity contribution in [1.82, 2.24) is 20.9 Å². The normalized spacial score (nSPS) is 11.7. The van der Waals surface area contributed by atoms with Gasteiger partial charge in [0.15, 0.2) is 0 Å². The van der Waals surface area contributed by atoms with Crippen molar-refractivity contribution in [1.29, 1.82) is 0 Å². The van der Waals surface area contributed by atoms with E-state index in [2.05, 4.69) is 121 Å². The number of aryl methyl sites for hydroxylation is 1. The van der Waals surface area contributed by atoms with Gasteiger partial charge in [-0.15, -0.1) is 6.42 Å². The molecular weight excluding hydrogens is 2160 g/mol. The molecule has 27 nitrogen and oxygen atoms in total. The zero-order valence-electron chi connectivity index (χ0n) is 90.0. The molecule has 0 heterocycles. The summed E-state index contributed by atoms with van der Waals surface area (Å²) in [6, 6.07) is 35.8. The zero-order valence-corrected chi connectivity index (χ0v) is 98.4. The molecule has 846 valence electrons. The maximum Gasteiger partial charge on any atom is 1.00 e. The summed E-state index contributed by atoms with van der Waals surface area (Å²) in [6.07, 6.45) is -3.13. The summed E-state index contributed by atoms with van der Waals surface area (Å²) >= 11 is 6.56. The molecule has 3 amide bonds. The monoisotopic (exact) mass is 2320 g/mol. The number of benzene rings is 5. The van der Waals surface area contributed by atoms with Crippen LogP contribution in [0, 0.1) is 36.0 Å². The fourth-order valence-corrected chi connectivity index (χ4v) is 13.7. The largest absolute Gasteiger partial charge is 1.00 e. The summed E-state index contributed by atoms with van der Waals surface area (Å²) in [5.41, 5.74) is 13.1. The van der Waals surface area contributed by atoms with E-state index in [0.29, 0.717) is 86.0 Å². The Morgan fingerprint density at radius 2 is 0.711 bits per heavy atom. The average Bonchev–Trinajstić information content (AvgIpc) is 0.866. The van der Waals surface area contributed by atoms with Gasteiger partial charge in [0.05, 0.1) is 49.3 Å². The number of aliphatic hydroxyl groups excluding tert-OH is 7. The Bertz CT molecular complexity index is 4270. The molecule has 18 N–H and O–H groups in total. The van der Waals surface area contributed by atoms with Crippen LogP contribution in [0.5, 0.6) is 0 Å². The molecule has 0 saturated heterocycles. The number of carbonyl (C=O) groups excluding carboxylic acids is 6. The van der Waals surface area contributed by atoms with Gasteiger partial charge in [-0.2, -0.15) is 52.7 Å². The second-order valence-corrected chi connectivity index (χ2v) is 34.0. The van der Waals surface area contributed by atoms with E-state index < -0.39 is 101 Å². The first-order chi connectivity index (χ1) is 68.4. The van der Waals surface area contributed by atoms with Gasteiger partial charge in [-0.3, -0.25) is 24.0 Å². The first-order valence-electron chi connectivity index (χ1n) is 48.4. The maximum absolute atomic E-state index is 12.1. The number of ether oxygens (including phenoxy) is 2. The Balaban J connectivity index is -0.000000164. The summed E-state index contributed by atoms with van der Waals surface area (Å²) in [5.74, 6) is 5.66. The fraction of sp³-hybridized carbons (Fsp3) is 0.604. The summed E-state index contributed by atoms with van der Waals surface area (Å²) in [6.45, 7) is 32.9. The van der Waals surface area contributed by atoms with Gasteiger partial charge in [-0.1, -0.05) is 269 Å². The summed E-state index contributed by atoms with van der Waals surface area (Å²) in [5, 5.41) is 119. The number of nitrogens with one attached hydrogen (secondary N) is 3. The molecule has 0 bridgehead atoms. The first kappa shape index (κ1) is 163. The van der Waals surface area contributed by atoms with Crippen LogP contribution in [0.1, 0.15) is 329 Å². The molecule has 5 atom stereocenters. The van der Waals surface area contributed by atoms with E-state index in [4.69, 9.17) is 38.2 Å². The number of alkyl halides is 12. The van der Waals surface area contributed by atoms with Crippen LogP contribution < -0.4 is 135 Å². The minimum atomic E-state index is -4.94. The number of terminal acetylenes is 1. The SMILES string of the molecule is C.C#CC(O)(CCC)CCC.CCCC(O)(C#Cc1cccc(C(O)CCNC(=O)C(F)(F)F)c1)CCC.CCCC(O)(C#Cc1cccc(C(O)CCNC(=O)C(F)(F)F)c1)CCC.CCCC(O)(CCC)CCc1cccc(C(O)CCN)c1.CCN(CC)CC.CCO.CCOC(=O)C(F)(F)F.CCOC(C)=O.CO.NCCC(O)c1cccc(Br)c1.O=C(NCCC(O)c1cccc(Br)c1)C(F)(F)F.O=CO[O-].[H-].[K+].[K+]. The van der Waals surface area contributed by atoms with Gasteiger partial charge in [0.2, 0.25) is 0 Å². The molecule has 43 heteroatoms. The predicted octanol–water partition coefficient (Wildman–Crippen LogP) is 12.4. The molecular formula is C106H166Br2F12K2N6O21. The van der Waals surface area contributed by atoms with Crippen LogP contribution in [0.3, 0.4) is 0 Å². The second-order valence-electron chi connectivity index (χ2n) is 32.2. The van der Waals surface area contributed by atoms with Gasteiger partial charge >= 0.3 is 157 Å². The Morgan fingerprint density at radius 1 is 0.443 bits per heavy atom. The van der Waals surface area contributed by atoms with Crippen LogP contribution in [0.2, 0.25) is 0 Å². The molecule has 0 aromatic heterocycles. The van der Waals surface area contributed by atoms with Crippen molar-refractivity contribution in [2.45, 2.75) is 337 Å². The molecule has 0 radical (unpaired) electrons. The molecule has 5 rings (SSSR count). The fourth-order valence-electron chi connectivity index (χ4n) is 12.8. The number of hydrogen-bond acceptors (Lipinski definition) is 24. The van der Waals surface area contributed by atoms with Crippen molar-refractivity contribution in [3.63, 3.8) is 0 Å². The zero-order chi connectivity index (χ0) is 114. The van der Waals surface area contributed by atoms with Gasteiger partial charge in [0.1, 0.15) is 16.8 Å². The van der Waals surface area contributed by atoms with Crippen LogP contribution >= 0.6 is 31.9 Å². The number of carbonyl (C=O) groups is 6. The second kappa shape index (κ2) is 96.9. The number of nitrogens with two attached hydrogens (primary N) is 2. The van der Waals surface area contributed by atoms with Crippen LogP contribution in [0.15, 0.2) is 130 Å². The van der Waals surface area contributed by atoms with Crippen molar-refractivity contribution in [2.75, 3.05) is 79.3 Å². The Labute approximate surface area is 978 Å². The summed E-state index contributed by atoms with van der Waals surface area (Å²) < 4.78 is 152. The minimum absolute atomic E-state index is 0. The number of halogens is 14. The molecule has 5 aromatic rings. The maximum atomic E-state index is 12.1. The van der Waals surface area contributed by atoms with Gasteiger partial charge in [0, 0.05) is 60.3 Å². The molecule has 0 saturated carbocycles. The Kier molecular flexibility index (Phi) is 106. The number of aliphatic hydroxyl groups is 11. The molecule has 0 spiro atoms. The topological polar surface area (TPSA) is 467 Å². The van der Waals surface area contributed by atoms with Gasteiger partial charge in [0.25, 0.3) is 6.47 Å². The van der Waals surface area contributed by atoms with E-state index in [-0.39, 0.29) is 176 Å². The van der Waals surface area contributed by atoms with E-state index in [0.717, 1.165) is 117 Å². The standard InChI is InChI=1S/2C20H26F3NO3.C18H31NO2.C11H11BrF3NO2.C9H12BrNO.C9H16O.C6H15N.C4H5F3O2.C4H8O2.C2H6O.CH2O3.CH4O.CH4.2K.H/c2*1-3-10-19(27,11-4-2)12-8-15-6-5-7-16(14-15)17(25)9-13-24-18(26)20(21,22)23;1-3-10-18(21,11-4-2)12-8-15-6-5-7-16(14-15)17(20)9-13-19;12-8-3-1-2-7(6-8)9(17)4-5-16-10(18)11(13,14)15;10-8-3-1-2-7(6-8)9(12)4-5-11;1-4-7-9(10,6-3)8-5-2;1-4-7(5-2)6-3;1-2-9-3(8)4(5,6)7;1-3-6-4(2)5;1-2-3;2-1-4-3;1-2;;;;/h2*5-7,14,17,25,27H,3-4,9-11,13H2,1-2H3,(H,24,26);5-7,14,17,20-21H,3-4,8-13,19H2,1-2H3;1-3,6,9,17H,4-5H2,(H,16,18);1-3,6,9,12H,4-5,11H2;3,10H,4-5,7-8H2,1-2H3;4-6H2,1-3H3;2H2,1H3;3H2,1-2H3;3H,2H2,1H3;1,3H;2H,1H3;1H4;;;/q;;;;;;;;;;;;;2*+1;-1/p-1. The molecule has 5 unspecified atom stereocenters. The number of rotatable bonds is 43. The number of esters is 2. The van der Waals surface area contributed by atoms with Crippen molar-refractivity contribution < 1.29 is 261 Å². The number of nitrogens with zero attached hydrogens (tertiary/aromatic N) is 1. The molecule has 0 fully saturated rings. The third-order valence-corrected chi connectivity index (χ3v) is 20.8. The minimum Gasteiger partial charge on any atom is -1.00 e. The van der Waals surface area contributed by atoms with E-state index in [9.17, 15) is 123 Å². The molecule has 149 heavy (non-hydrogen) atoms.